The molecule has 0 aromatic heterocycles. The Morgan fingerprint density at radius 1 is 1.31 bits per heavy atom. The Bertz CT molecular complexity index is 199. The van der Waals surface area contributed by atoms with Gasteiger partial charge < -0.3 is 14.6 Å². The van der Waals surface area contributed by atoms with Crippen LogP contribution in [0.2, 0.25) is 0 Å². The summed E-state index contributed by atoms with van der Waals surface area (Å²) < 4.78 is 10.2. The van der Waals surface area contributed by atoms with E-state index in [9.17, 15) is 4.79 Å². The molecule has 0 spiro atoms. The first-order valence-corrected chi connectivity index (χ1v) is 6.05. The molecule has 0 aromatic carbocycles. The molecule has 1 unspecified atom stereocenters. The van der Waals surface area contributed by atoms with Gasteiger partial charge in [0, 0.05) is 13.7 Å². The average molecular weight is 230 g/mol. The second kappa shape index (κ2) is 7.63. The van der Waals surface area contributed by atoms with E-state index in [-0.39, 0.29) is 5.92 Å². The van der Waals surface area contributed by atoms with E-state index in [0.717, 1.165) is 12.8 Å². The second-order valence-corrected chi connectivity index (χ2v) is 4.38. The van der Waals surface area contributed by atoms with Crippen LogP contribution in [0.25, 0.3) is 0 Å². The molecule has 0 aliphatic heterocycles. The van der Waals surface area contributed by atoms with E-state index in [0.29, 0.717) is 32.2 Å². The van der Waals surface area contributed by atoms with Crippen LogP contribution >= 0.6 is 0 Å². The Morgan fingerprint density at radius 3 is 2.56 bits per heavy atom. The summed E-state index contributed by atoms with van der Waals surface area (Å²) in [7, 11) is 1.63. The number of hydrogen-bond acceptors (Lipinski definition) is 3. The lowest BCUT2D eigenvalue weighted by atomic mass is 9.88. The fourth-order valence-electron chi connectivity index (χ4n) is 2.38. The highest BCUT2D eigenvalue weighted by molar-refractivity contribution is 5.70. The number of carbonyl (C=O) groups is 1. The average Bonchev–Trinajstić information content (AvgIpc) is 2.76. The zero-order valence-electron chi connectivity index (χ0n) is 9.98. The van der Waals surface area contributed by atoms with E-state index in [1.807, 2.05) is 0 Å². The molecule has 0 heterocycles. The molecule has 1 aliphatic rings. The van der Waals surface area contributed by atoms with E-state index in [1.165, 1.54) is 12.8 Å². The van der Waals surface area contributed by atoms with Crippen LogP contribution in [-0.2, 0) is 14.3 Å². The molecule has 16 heavy (non-hydrogen) atoms. The maximum Gasteiger partial charge on any atom is 0.306 e. The molecular formula is C12H22O4. The third-order valence-corrected chi connectivity index (χ3v) is 3.29. The fourth-order valence-corrected chi connectivity index (χ4v) is 2.38. The highest BCUT2D eigenvalue weighted by Gasteiger charge is 2.29. The lowest BCUT2D eigenvalue weighted by Gasteiger charge is -2.18. The van der Waals surface area contributed by atoms with Gasteiger partial charge in [-0.1, -0.05) is 12.8 Å². The molecule has 1 aliphatic carbocycles. The smallest absolute Gasteiger partial charge is 0.306 e. The van der Waals surface area contributed by atoms with Gasteiger partial charge in [0.2, 0.25) is 0 Å². The van der Waals surface area contributed by atoms with Crippen LogP contribution in [0.3, 0.4) is 0 Å². The molecule has 1 rings (SSSR count). The van der Waals surface area contributed by atoms with Gasteiger partial charge in [-0.2, -0.15) is 0 Å². The fraction of sp³-hybridized carbons (Fsp3) is 0.917. The minimum atomic E-state index is -0.665. The maximum atomic E-state index is 11.1. The Kier molecular flexibility index (Phi) is 6.42. The number of methoxy groups -OCH3 is 1. The molecule has 0 saturated heterocycles. The molecule has 0 aromatic rings. The topological polar surface area (TPSA) is 55.8 Å². The molecule has 4 nitrogen and oxygen atoms in total. The van der Waals surface area contributed by atoms with Crippen LogP contribution in [0, 0.1) is 11.8 Å². The molecule has 1 N–H and O–H groups in total. The molecule has 4 heteroatoms. The Labute approximate surface area is 96.9 Å². The van der Waals surface area contributed by atoms with Crippen molar-refractivity contribution in [3.05, 3.63) is 0 Å². The first kappa shape index (κ1) is 13.5. The van der Waals surface area contributed by atoms with E-state index in [2.05, 4.69) is 0 Å². The van der Waals surface area contributed by atoms with Gasteiger partial charge in [0.15, 0.2) is 0 Å². The first-order chi connectivity index (χ1) is 7.75. The number of rotatable bonds is 8. The third-order valence-electron chi connectivity index (χ3n) is 3.29. The van der Waals surface area contributed by atoms with Gasteiger partial charge in [0.25, 0.3) is 0 Å². The SMILES string of the molecule is COCCOCCC(C(=O)O)C1CCCC1. The molecule has 0 bridgehead atoms. The largest absolute Gasteiger partial charge is 0.481 e. The standard InChI is InChI=1S/C12H22O4/c1-15-8-9-16-7-6-11(12(13)14)10-4-2-3-5-10/h10-11H,2-9H2,1H3,(H,13,14). The molecule has 1 fully saturated rings. The highest BCUT2D eigenvalue weighted by Crippen LogP contribution is 2.33. The zero-order chi connectivity index (χ0) is 11.8. The Morgan fingerprint density at radius 2 is 2.00 bits per heavy atom. The monoisotopic (exact) mass is 230 g/mol. The van der Waals surface area contributed by atoms with Crippen molar-refractivity contribution in [3.8, 4) is 0 Å². The quantitative estimate of drug-likeness (QED) is 0.647. The summed E-state index contributed by atoms with van der Waals surface area (Å²) in [6.07, 6.45) is 5.12. The van der Waals surface area contributed by atoms with Gasteiger partial charge in [-0.15, -0.1) is 0 Å². The number of carboxylic acid groups (broad SMARTS) is 1. The van der Waals surface area contributed by atoms with Crippen molar-refractivity contribution < 1.29 is 19.4 Å². The predicted molar refractivity (Wildman–Crippen MR) is 60.4 cm³/mol. The summed E-state index contributed by atoms with van der Waals surface area (Å²) in [6.45, 7) is 1.64. The van der Waals surface area contributed by atoms with Gasteiger partial charge in [0.1, 0.15) is 0 Å². The van der Waals surface area contributed by atoms with Crippen LogP contribution < -0.4 is 0 Å². The van der Waals surface area contributed by atoms with E-state index in [1.54, 1.807) is 7.11 Å². The second-order valence-electron chi connectivity index (χ2n) is 4.38. The van der Waals surface area contributed by atoms with Gasteiger partial charge in [-0.05, 0) is 25.2 Å². The van der Waals surface area contributed by atoms with Crippen LogP contribution in [0.5, 0.6) is 0 Å². The summed E-state index contributed by atoms with van der Waals surface area (Å²) in [4.78, 5) is 11.1. The first-order valence-electron chi connectivity index (χ1n) is 6.05. The van der Waals surface area contributed by atoms with Crippen LogP contribution in [0.1, 0.15) is 32.1 Å². The van der Waals surface area contributed by atoms with Crippen LogP contribution in [0.4, 0.5) is 0 Å². The van der Waals surface area contributed by atoms with Crippen molar-refractivity contribution in [2.45, 2.75) is 32.1 Å². The lowest BCUT2D eigenvalue weighted by Crippen LogP contribution is -2.23. The molecular weight excluding hydrogens is 208 g/mol. The number of carboxylic acids is 1. The maximum absolute atomic E-state index is 11.1. The lowest BCUT2D eigenvalue weighted by molar-refractivity contribution is -0.144. The zero-order valence-corrected chi connectivity index (χ0v) is 9.98. The van der Waals surface area contributed by atoms with Gasteiger partial charge in [-0.3, -0.25) is 4.79 Å². The summed E-state index contributed by atoms with van der Waals surface area (Å²) in [5, 5.41) is 9.16. The summed E-state index contributed by atoms with van der Waals surface area (Å²) in [5.41, 5.74) is 0. The van der Waals surface area contributed by atoms with Crippen LogP contribution in [-0.4, -0.2) is 38.0 Å². The number of hydrogen-bond donors (Lipinski definition) is 1. The van der Waals surface area contributed by atoms with E-state index in [4.69, 9.17) is 14.6 Å². The minimum absolute atomic E-state index is 0.218. The van der Waals surface area contributed by atoms with Crippen molar-refractivity contribution >= 4 is 5.97 Å². The van der Waals surface area contributed by atoms with Crippen molar-refractivity contribution in [1.29, 1.82) is 0 Å². The van der Waals surface area contributed by atoms with E-state index < -0.39 is 5.97 Å². The summed E-state index contributed by atoms with van der Waals surface area (Å²) >= 11 is 0. The summed E-state index contributed by atoms with van der Waals surface area (Å²) in [6, 6.07) is 0. The van der Waals surface area contributed by atoms with Crippen molar-refractivity contribution in [2.24, 2.45) is 11.8 Å². The van der Waals surface area contributed by atoms with Gasteiger partial charge in [0.05, 0.1) is 19.1 Å². The van der Waals surface area contributed by atoms with E-state index >= 15 is 0 Å². The van der Waals surface area contributed by atoms with Gasteiger partial charge >= 0.3 is 5.97 Å². The minimum Gasteiger partial charge on any atom is -0.481 e. The van der Waals surface area contributed by atoms with Crippen molar-refractivity contribution in [1.82, 2.24) is 0 Å². The molecule has 0 radical (unpaired) electrons. The van der Waals surface area contributed by atoms with Crippen molar-refractivity contribution in [2.75, 3.05) is 26.9 Å². The molecule has 0 amide bonds. The normalized spacial score (nSPS) is 18.8. The highest BCUT2D eigenvalue weighted by atomic mass is 16.5. The third kappa shape index (κ3) is 4.49. The summed E-state index contributed by atoms with van der Waals surface area (Å²) in [5.74, 6) is -0.518. The molecule has 1 saturated carbocycles. The number of aliphatic carboxylic acids is 1. The van der Waals surface area contributed by atoms with Crippen LogP contribution in [0.15, 0.2) is 0 Å². The number of ether oxygens (including phenoxy) is 2. The Balaban J connectivity index is 2.20. The van der Waals surface area contributed by atoms with Crippen molar-refractivity contribution in [3.63, 3.8) is 0 Å². The predicted octanol–water partition coefficient (Wildman–Crippen LogP) is 1.93. The Hall–Kier alpha value is -0.610. The van der Waals surface area contributed by atoms with Gasteiger partial charge in [-0.25, -0.2) is 0 Å². The molecule has 1 atom stereocenters. The molecule has 94 valence electrons.